The summed E-state index contributed by atoms with van der Waals surface area (Å²) >= 11 is 0. The topological polar surface area (TPSA) is 80.4 Å². The Kier molecular flexibility index (Phi) is 4.00. The highest BCUT2D eigenvalue weighted by Gasteiger charge is 2.18. The van der Waals surface area contributed by atoms with E-state index in [0.717, 1.165) is 5.56 Å². The minimum absolute atomic E-state index is 0.102. The first-order valence-electron chi connectivity index (χ1n) is 8.65. The summed E-state index contributed by atoms with van der Waals surface area (Å²) in [6.07, 6.45) is 1.43. The van der Waals surface area contributed by atoms with Crippen LogP contribution in [-0.2, 0) is 0 Å². The maximum Gasteiger partial charge on any atom is 0.345 e. The Bertz CT molecular complexity index is 1250. The summed E-state index contributed by atoms with van der Waals surface area (Å²) < 4.78 is 5.33. The maximum atomic E-state index is 12.9. The second kappa shape index (κ2) is 6.36. The molecule has 4 rings (SSSR count). The van der Waals surface area contributed by atoms with Gasteiger partial charge in [-0.3, -0.25) is 9.78 Å². The minimum atomic E-state index is -0.550. The summed E-state index contributed by atoms with van der Waals surface area (Å²) in [5, 5.41) is 11.1. The van der Waals surface area contributed by atoms with Crippen molar-refractivity contribution >= 4 is 27.7 Å². The molecule has 0 unspecified atom stereocenters. The van der Waals surface area contributed by atoms with Crippen LogP contribution in [0.4, 0.5) is 0 Å². The molecule has 0 saturated heterocycles. The van der Waals surface area contributed by atoms with Crippen LogP contribution in [0.5, 0.6) is 5.75 Å². The molecule has 1 N–H and O–H groups in total. The van der Waals surface area contributed by atoms with Gasteiger partial charge in [0.15, 0.2) is 5.78 Å². The second-order valence-corrected chi connectivity index (χ2v) is 6.77. The van der Waals surface area contributed by atoms with Gasteiger partial charge in [-0.05, 0) is 41.8 Å². The molecule has 0 amide bonds. The number of hydrogen-bond donors (Lipinski definition) is 1. The van der Waals surface area contributed by atoms with Crippen LogP contribution in [0.2, 0.25) is 0 Å². The Morgan fingerprint density at radius 3 is 2.63 bits per heavy atom. The number of phenols is 1. The molecule has 4 aromatic rings. The fourth-order valence-corrected chi connectivity index (χ4v) is 3.12. The van der Waals surface area contributed by atoms with Crippen LogP contribution in [0.15, 0.2) is 63.9 Å². The summed E-state index contributed by atoms with van der Waals surface area (Å²) in [6.45, 7) is 4.02. The van der Waals surface area contributed by atoms with Crippen molar-refractivity contribution in [3.8, 4) is 5.75 Å². The lowest BCUT2D eigenvalue weighted by Crippen LogP contribution is -2.07. The Morgan fingerprint density at radius 2 is 1.85 bits per heavy atom. The first-order chi connectivity index (χ1) is 13.0. The van der Waals surface area contributed by atoms with Crippen molar-refractivity contribution in [1.82, 2.24) is 4.98 Å². The zero-order valence-corrected chi connectivity index (χ0v) is 14.9. The first-order valence-corrected chi connectivity index (χ1v) is 8.65. The fraction of sp³-hybridized carbons (Fsp3) is 0.136. The largest absolute Gasteiger partial charge is 0.507 e. The summed E-state index contributed by atoms with van der Waals surface area (Å²) in [4.78, 5) is 29.6. The van der Waals surface area contributed by atoms with Gasteiger partial charge in [0.1, 0.15) is 11.3 Å². The molecule has 0 aliphatic carbocycles. The molecule has 5 nitrogen and oxygen atoms in total. The normalized spacial score (nSPS) is 11.4. The van der Waals surface area contributed by atoms with E-state index in [1.165, 1.54) is 18.3 Å². The molecule has 0 radical (unpaired) electrons. The predicted octanol–water partition coefficient (Wildman–Crippen LogP) is 4.40. The molecule has 0 atom stereocenters. The lowest BCUT2D eigenvalue weighted by molar-refractivity contribution is 0.103. The Labute approximate surface area is 154 Å². The van der Waals surface area contributed by atoms with Gasteiger partial charge < -0.3 is 9.52 Å². The van der Waals surface area contributed by atoms with E-state index in [-0.39, 0.29) is 28.2 Å². The summed E-state index contributed by atoms with van der Waals surface area (Å²) in [5.41, 5.74) is 1.73. The highest BCUT2D eigenvalue weighted by atomic mass is 16.4. The lowest BCUT2D eigenvalue weighted by atomic mass is 9.96. The van der Waals surface area contributed by atoms with Crippen molar-refractivity contribution in [2.24, 2.45) is 0 Å². The zero-order valence-electron chi connectivity index (χ0n) is 14.9. The SMILES string of the molecule is CC(C)c1ccc(O)c(C(=O)c2cnc3c(c2)c(=O)oc2ccccc23)c1. The minimum Gasteiger partial charge on any atom is -0.507 e. The summed E-state index contributed by atoms with van der Waals surface area (Å²) in [6, 6.07) is 13.6. The number of benzene rings is 2. The number of hydrogen-bond acceptors (Lipinski definition) is 5. The van der Waals surface area contributed by atoms with Crippen LogP contribution in [0.3, 0.4) is 0 Å². The number of carbonyl (C=O) groups is 1. The molecule has 0 saturated carbocycles. The second-order valence-electron chi connectivity index (χ2n) is 6.77. The Hall–Kier alpha value is -3.47. The maximum absolute atomic E-state index is 12.9. The van der Waals surface area contributed by atoms with Gasteiger partial charge in [-0.1, -0.05) is 32.0 Å². The number of para-hydroxylation sites is 1. The fourth-order valence-electron chi connectivity index (χ4n) is 3.12. The number of carbonyl (C=O) groups excluding carboxylic acids is 1. The van der Waals surface area contributed by atoms with Gasteiger partial charge in [-0.2, -0.15) is 0 Å². The van der Waals surface area contributed by atoms with Gasteiger partial charge in [0.25, 0.3) is 0 Å². The number of ketones is 1. The van der Waals surface area contributed by atoms with Gasteiger partial charge in [0.2, 0.25) is 0 Å². The molecule has 0 aliphatic rings. The molecule has 134 valence electrons. The van der Waals surface area contributed by atoms with Crippen molar-refractivity contribution in [3.05, 3.63) is 81.8 Å². The smallest absolute Gasteiger partial charge is 0.345 e. The molecular formula is C22H17NO4. The highest BCUT2D eigenvalue weighted by Crippen LogP contribution is 2.27. The van der Waals surface area contributed by atoms with Gasteiger partial charge >= 0.3 is 5.63 Å². The number of nitrogens with zero attached hydrogens (tertiary/aromatic N) is 1. The highest BCUT2D eigenvalue weighted by molar-refractivity contribution is 6.12. The average molecular weight is 359 g/mol. The molecule has 2 aromatic carbocycles. The molecule has 5 heteroatoms. The quantitative estimate of drug-likeness (QED) is 0.333. The van der Waals surface area contributed by atoms with E-state index >= 15 is 0 Å². The van der Waals surface area contributed by atoms with E-state index in [2.05, 4.69) is 4.98 Å². The first kappa shape index (κ1) is 17.0. The Balaban J connectivity index is 1.89. The van der Waals surface area contributed by atoms with Gasteiger partial charge in [0, 0.05) is 17.1 Å². The van der Waals surface area contributed by atoms with Crippen LogP contribution >= 0.6 is 0 Å². The number of pyridine rings is 1. The van der Waals surface area contributed by atoms with E-state index < -0.39 is 11.4 Å². The van der Waals surface area contributed by atoms with Gasteiger partial charge in [-0.25, -0.2) is 4.79 Å². The van der Waals surface area contributed by atoms with Crippen LogP contribution in [0.1, 0.15) is 41.3 Å². The van der Waals surface area contributed by atoms with Crippen molar-refractivity contribution in [1.29, 1.82) is 0 Å². The predicted molar refractivity (Wildman–Crippen MR) is 103 cm³/mol. The van der Waals surface area contributed by atoms with E-state index in [4.69, 9.17) is 4.42 Å². The number of aromatic nitrogens is 1. The third kappa shape index (κ3) is 2.87. The van der Waals surface area contributed by atoms with Crippen LogP contribution in [0, 0.1) is 0 Å². The van der Waals surface area contributed by atoms with Crippen LogP contribution in [-0.4, -0.2) is 15.9 Å². The molecule has 0 spiro atoms. The third-order valence-electron chi connectivity index (χ3n) is 4.65. The average Bonchev–Trinajstić information content (AvgIpc) is 2.67. The van der Waals surface area contributed by atoms with Crippen molar-refractivity contribution in [2.45, 2.75) is 19.8 Å². The third-order valence-corrected chi connectivity index (χ3v) is 4.65. The van der Waals surface area contributed by atoms with E-state index in [1.54, 1.807) is 24.3 Å². The molecule has 2 aromatic heterocycles. The van der Waals surface area contributed by atoms with Gasteiger partial charge in [-0.15, -0.1) is 0 Å². The molecule has 0 bridgehead atoms. The monoisotopic (exact) mass is 359 g/mol. The van der Waals surface area contributed by atoms with E-state index in [9.17, 15) is 14.7 Å². The Morgan fingerprint density at radius 1 is 1.07 bits per heavy atom. The zero-order chi connectivity index (χ0) is 19.1. The lowest BCUT2D eigenvalue weighted by Gasteiger charge is -2.10. The number of phenolic OH excluding ortho intramolecular Hbond substituents is 1. The van der Waals surface area contributed by atoms with Crippen LogP contribution < -0.4 is 5.63 Å². The number of rotatable bonds is 3. The molecule has 0 aliphatic heterocycles. The van der Waals surface area contributed by atoms with Crippen molar-refractivity contribution < 1.29 is 14.3 Å². The summed E-state index contributed by atoms with van der Waals surface area (Å²) in [5.74, 6) is -0.280. The van der Waals surface area contributed by atoms with Crippen molar-refractivity contribution in [2.75, 3.05) is 0 Å². The van der Waals surface area contributed by atoms with E-state index in [1.807, 2.05) is 26.0 Å². The molecular weight excluding hydrogens is 342 g/mol. The molecule has 2 heterocycles. The standard InChI is InChI=1S/C22H17NO4/c1-12(2)13-7-8-18(24)16(9-13)21(25)14-10-17-20(23-11-14)15-5-3-4-6-19(15)27-22(17)26/h3-12,24H,1-2H3. The van der Waals surface area contributed by atoms with Gasteiger partial charge in [0.05, 0.1) is 16.5 Å². The molecule has 27 heavy (non-hydrogen) atoms. The van der Waals surface area contributed by atoms with E-state index in [0.29, 0.717) is 16.5 Å². The summed E-state index contributed by atoms with van der Waals surface area (Å²) in [7, 11) is 0. The molecule has 0 fully saturated rings. The number of fused-ring (bicyclic) bond motifs is 3. The van der Waals surface area contributed by atoms with Crippen LogP contribution in [0.25, 0.3) is 21.9 Å². The number of aromatic hydroxyl groups is 1. The van der Waals surface area contributed by atoms with Crippen molar-refractivity contribution in [3.63, 3.8) is 0 Å².